The van der Waals surface area contributed by atoms with Crippen LogP contribution >= 0.6 is 0 Å². The fourth-order valence-electron chi connectivity index (χ4n) is 1.94. The van der Waals surface area contributed by atoms with Gasteiger partial charge in [0.25, 0.3) is 0 Å². The Morgan fingerprint density at radius 3 is 2.50 bits per heavy atom. The molecule has 0 saturated heterocycles. The first-order valence-corrected chi connectivity index (χ1v) is 6.11. The number of hydrogen-bond acceptors (Lipinski definition) is 4. The average molecular weight is 275 g/mol. The maximum Gasteiger partial charge on any atom is 0.339 e. The second-order valence-electron chi connectivity index (χ2n) is 4.57. The minimum Gasteiger partial charge on any atom is -0.478 e. The molecule has 0 spiro atoms. The van der Waals surface area contributed by atoms with Crippen LogP contribution in [0.2, 0.25) is 0 Å². The summed E-state index contributed by atoms with van der Waals surface area (Å²) in [5, 5.41) is 13.3. The molecule has 2 aromatic rings. The molecule has 0 aliphatic rings. The summed E-state index contributed by atoms with van der Waals surface area (Å²) in [4.78, 5) is 13.2. The van der Waals surface area contributed by atoms with Gasteiger partial charge < -0.3 is 14.7 Å². The molecule has 6 heteroatoms. The molecular weight excluding hydrogens is 258 g/mol. The molecule has 0 amide bonds. The molecule has 2 rings (SSSR count). The van der Waals surface area contributed by atoms with Gasteiger partial charge in [-0.15, -0.1) is 0 Å². The molecule has 0 radical (unpaired) electrons. The molecule has 106 valence electrons. The van der Waals surface area contributed by atoms with E-state index in [2.05, 4.69) is 5.10 Å². The van der Waals surface area contributed by atoms with Crippen molar-refractivity contribution in [2.45, 2.75) is 6.61 Å². The normalized spacial score (nSPS) is 10.6. The first kappa shape index (κ1) is 14.1. The van der Waals surface area contributed by atoms with Crippen LogP contribution in [-0.4, -0.2) is 42.1 Å². The number of anilines is 1. The van der Waals surface area contributed by atoms with Gasteiger partial charge in [0.05, 0.1) is 24.2 Å². The van der Waals surface area contributed by atoms with Gasteiger partial charge in [-0.05, 0) is 24.3 Å². The molecule has 1 N–H and O–H groups in total. The highest BCUT2D eigenvalue weighted by Crippen LogP contribution is 2.19. The number of aromatic carboxylic acids is 1. The minimum atomic E-state index is -1.01. The third-order valence-corrected chi connectivity index (χ3v) is 2.99. The monoisotopic (exact) mass is 275 g/mol. The Balaban J connectivity index is 2.43. The van der Waals surface area contributed by atoms with Crippen LogP contribution < -0.4 is 4.90 Å². The summed E-state index contributed by atoms with van der Waals surface area (Å²) in [6, 6.07) is 7.70. The molecule has 0 bridgehead atoms. The van der Waals surface area contributed by atoms with Gasteiger partial charge in [-0.2, -0.15) is 5.10 Å². The highest BCUT2D eigenvalue weighted by atomic mass is 16.5. The van der Waals surface area contributed by atoms with Crippen molar-refractivity contribution in [3.8, 4) is 5.69 Å². The fraction of sp³-hybridized carbons (Fsp3) is 0.286. The Kier molecular flexibility index (Phi) is 4.05. The van der Waals surface area contributed by atoms with Crippen molar-refractivity contribution < 1.29 is 14.6 Å². The highest BCUT2D eigenvalue weighted by molar-refractivity contribution is 5.88. The molecular formula is C14H17N3O3. The second kappa shape index (κ2) is 5.75. The maximum absolute atomic E-state index is 11.2. The van der Waals surface area contributed by atoms with Crippen LogP contribution in [0.25, 0.3) is 5.69 Å². The first-order valence-electron chi connectivity index (χ1n) is 6.11. The van der Waals surface area contributed by atoms with Crippen molar-refractivity contribution in [1.82, 2.24) is 9.78 Å². The predicted molar refractivity (Wildman–Crippen MR) is 75.6 cm³/mol. The molecule has 0 aliphatic heterocycles. The lowest BCUT2D eigenvalue weighted by atomic mass is 10.2. The van der Waals surface area contributed by atoms with Gasteiger partial charge in [-0.3, -0.25) is 0 Å². The van der Waals surface area contributed by atoms with Crippen LogP contribution in [-0.2, 0) is 11.3 Å². The van der Waals surface area contributed by atoms with E-state index < -0.39 is 5.97 Å². The number of carboxylic acids is 1. The number of nitrogens with zero attached hydrogens (tertiary/aromatic N) is 3. The predicted octanol–water partition coefficient (Wildman–Crippen LogP) is 1.78. The summed E-state index contributed by atoms with van der Waals surface area (Å²) in [5.74, 6) is -1.01. The van der Waals surface area contributed by atoms with E-state index in [9.17, 15) is 4.79 Å². The molecule has 1 aromatic heterocycles. The summed E-state index contributed by atoms with van der Waals surface area (Å²) in [5.41, 5.74) is 2.55. The lowest BCUT2D eigenvalue weighted by molar-refractivity contribution is 0.0691. The molecule has 20 heavy (non-hydrogen) atoms. The summed E-state index contributed by atoms with van der Waals surface area (Å²) >= 11 is 0. The van der Waals surface area contributed by atoms with Gasteiger partial charge in [-0.25, -0.2) is 9.48 Å². The van der Waals surface area contributed by atoms with E-state index >= 15 is 0 Å². The van der Waals surface area contributed by atoms with E-state index in [4.69, 9.17) is 9.84 Å². The van der Waals surface area contributed by atoms with Crippen LogP contribution in [0.15, 0.2) is 30.5 Å². The Morgan fingerprint density at radius 1 is 1.35 bits per heavy atom. The molecule has 0 unspecified atom stereocenters. The van der Waals surface area contributed by atoms with Crippen molar-refractivity contribution in [3.05, 3.63) is 41.7 Å². The molecule has 0 fully saturated rings. The zero-order chi connectivity index (χ0) is 14.7. The minimum absolute atomic E-state index is 0.156. The van der Waals surface area contributed by atoms with Gasteiger partial charge >= 0.3 is 5.97 Å². The standard InChI is InChI=1S/C14H17N3O3/c1-16(2)10-4-6-11(7-5-10)17-13(9-20-3)12(8-15-17)14(18)19/h4-8H,9H2,1-3H3,(H,18,19). The van der Waals surface area contributed by atoms with Gasteiger partial charge in [0.15, 0.2) is 0 Å². The highest BCUT2D eigenvalue weighted by Gasteiger charge is 2.17. The van der Waals surface area contributed by atoms with Gasteiger partial charge in [-0.1, -0.05) is 0 Å². The Bertz CT molecular complexity index is 603. The number of methoxy groups -OCH3 is 1. The van der Waals surface area contributed by atoms with Crippen molar-refractivity contribution in [3.63, 3.8) is 0 Å². The molecule has 0 atom stereocenters. The van der Waals surface area contributed by atoms with Crippen LogP contribution in [0.5, 0.6) is 0 Å². The van der Waals surface area contributed by atoms with Gasteiger partial charge in [0, 0.05) is 26.9 Å². The molecule has 6 nitrogen and oxygen atoms in total. The first-order chi connectivity index (χ1) is 9.54. The number of carbonyl (C=O) groups is 1. The zero-order valence-electron chi connectivity index (χ0n) is 11.7. The largest absolute Gasteiger partial charge is 0.478 e. The summed E-state index contributed by atoms with van der Waals surface area (Å²) in [6.07, 6.45) is 1.34. The van der Waals surface area contributed by atoms with Crippen LogP contribution in [0.3, 0.4) is 0 Å². The van der Waals surface area contributed by atoms with E-state index in [-0.39, 0.29) is 12.2 Å². The zero-order valence-corrected chi connectivity index (χ0v) is 11.7. The average Bonchev–Trinajstić information content (AvgIpc) is 2.83. The third kappa shape index (κ3) is 2.65. The second-order valence-corrected chi connectivity index (χ2v) is 4.57. The lowest BCUT2D eigenvalue weighted by Crippen LogP contribution is -2.10. The van der Waals surface area contributed by atoms with E-state index in [0.29, 0.717) is 5.69 Å². The van der Waals surface area contributed by atoms with Crippen molar-refractivity contribution >= 4 is 11.7 Å². The van der Waals surface area contributed by atoms with E-state index in [1.807, 2.05) is 43.3 Å². The molecule has 1 heterocycles. The van der Waals surface area contributed by atoms with Gasteiger partial charge in [0.1, 0.15) is 5.56 Å². The number of rotatable bonds is 5. The van der Waals surface area contributed by atoms with Crippen LogP contribution in [0, 0.1) is 0 Å². The Labute approximate surface area is 117 Å². The fourth-order valence-corrected chi connectivity index (χ4v) is 1.94. The number of ether oxygens (including phenoxy) is 1. The SMILES string of the molecule is COCc1c(C(=O)O)cnn1-c1ccc(N(C)C)cc1. The number of benzene rings is 1. The van der Waals surface area contributed by atoms with Crippen LogP contribution in [0.4, 0.5) is 5.69 Å². The topological polar surface area (TPSA) is 67.6 Å². The smallest absolute Gasteiger partial charge is 0.339 e. The Morgan fingerprint density at radius 2 is 2.00 bits per heavy atom. The molecule has 0 aliphatic carbocycles. The quantitative estimate of drug-likeness (QED) is 0.901. The number of aromatic nitrogens is 2. The summed E-state index contributed by atoms with van der Waals surface area (Å²) < 4.78 is 6.66. The van der Waals surface area contributed by atoms with Crippen molar-refractivity contribution in [2.75, 3.05) is 26.1 Å². The van der Waals surface area contributed by atoms with E-state index in [1.165, 1.54) is 13.3 Å². The number of carboxylic acid groups (broad SMARTS) is 1. The van der Waals surface area contributed by atoms with Crippen LogP contribution in [0.1, 0.15) is 16.1 Å². The summed E-state index contributed by atoms with van der Waals surface area (Å²) in [7, 11) is 5.45. The maximum atomic E-state index is 11.2. The Hall–Kier alpha value is -2.34. The lowest BCUT2D eigenvalue weighted by Gasteiger charge is -2.13. The van der Waals surface area contributed by atoms with E-state index in [1.54, 1.807) is 4.68 Å². The van der Waals surface area contributed by atoms with Gasteiger partial charge in [0.2, 0.25) is 0 Å². The number of hydrogen-bond donors (Lipinski definition) is 1. The van der Waals surface area contributed by atoms with E-state index in [0.717, 1.165) is 11.4 Å². The van der Waals surface area contributed by atoms with Crippen molar-refractivity contribution in [1.29, 1.82) is 0 Å². The molecule has 0 saturated carbocycles. The molecule has 1 aromatic carbocycles. The summed E-state index contributed by atoms with van der Waals surface area (Å²) in [6.45, 7) is 0.192. The van der Waals surface area contributed by atoms with Crippen molar-refractivity contribution in [2.24, 2.45) is 0 Å². The third-order valence-electron chi connectivity index (χ3n) is 2.99.